The molecule has 1 unspecified atom stereocenters. The van der Waals surface area contributed by atoms with Gasteiger partial charge in [-0.15, -0.1) is 6.58 Å². The first-order valence-corrected chi connectivity index (χ1v) is 9.44. The number of hydrogen-bond donors (Lipinski definition) is 0. The molecule has 0 aliphatic heterocycles. The van der Waals surface area contributed by atoms with Gasteiger partial charge in [-0.05, 0) is 31.2 Å². The molecule has 1 atom stereocenters. The van der Waals surface area contributed by atoms with Gasteiger partial charge in [0, 0.05) is 5.54 Å². The van der Waals surface area contributed by atoms with Crippen molar-refractivity contribution in [3.8, 4) is 0 Å². The Morgan fingerprint density at radius 3 is 2.00 bits per heavy atom. The third kappa shape index (κ3) is 5.19. The molecule has 1 aromatic carbocycles. The van der Waals surface area contributed by atoms with Gasteiger partial charge in [-0.1, -0.05) is 19.2 Å². The minimum Gasteiger partial charge on any atom is -0.462 e. The minimum absolute atomic E-state index is 0.234. The van der Waals surface area contributed by atoms with Crippen LogP contribution < -0.4 is 0 Å². The lowest BCUT2D eigenvalue weighted by atomic mass is 10.1. The van der Waals surface area contributed by atoms with Crippen molar-refractivity contribution in [2.45, 2.75) is 25.6 Å². The standard InChI is InChI=1S/C16H21O4Si/c1-5-14(21(3)4)11-20-16(18)13-9-7-12(8-10-13)15(17)19-6-2/h5,7-10,14H,1,6,11H2,2-4H3. The smallest absolute Gasteiger partial charge is 0.338 e. The normalized spacial score (nSPS) is 11.8. The first kappa shape index (κ1) is 17.2. The molecule has 0 N–H and O–H groups in total. The second-order valence-electron chi connectivity index (χ2n) is 4.82. The number of rotatable bonds is 7. The number of ether oxygens (including phenoxy) is 2. The Balaban J connectivity index is 2.63. The molecular formula is C16H21O4Si. The lowest BCUT2D eigenvalue weighted by Crippen LogP contribution is -2.18. The maximum Gasteiger partial charge on any atom is 0.338 e. The average Bonchev–Trinajstić information content (AvgIpc) is 2.47. The molecule has 0 amide bonds. The van der Waals surface area contributed by atoms with Crippen LogP contribution in [0.2, 0.25) is 18.6 Å². The first-order chi connectivity index (χ1) is 9.99. The van der Waals surface area contributed by atoms with Gasteiger partial charge in [-0.2, -0.15) is 0 Å². The Bertz CT molecular complexity index is 494. The largest absolute Gasteiger partial charge is 0.462 e. The maximum absolute atomic E-state index is 11.9. The second kappa shape index (κ2) is 8.41. The molecule has 0 heterocycles. The third-order valence-corrected chi connectivity index (χ3v) is 4.94. The van der Waals surface area contributed by atoms with Gasteiger partial charge in [-0.25, -0.2) is 9.59 Å². The topological polar surface area (TPSA) is 52.6 Å². The van der Waals surface area contributed by atoms with Gasteiger partial charge >= 0.3 is 11.9 Å². The Morgan fingerprint density at radius 1 is 1.14 bits per heavy atom. The van der Waals surface area contributed by atoms with E-state index in [0.29, 0.717) is 24.3 Å². The van der Waals surface area contributed by atoms with Crippen molar-refractivity contribution in [3.05, 3.63) is 48.0 Å². The van der Waals surface area contributed by atoms with Gasteiger partial charge in [0.05, 0.1) is 33.1 Å². The summed E-state index contributed by atoms with van der Waals surface area (Å²) in [4.78, 5) is 23.4. The van der Waals surface area contributed by atoms with E-state index in [1.54, 1.807) is 31.2 Å². The SMILES string of the molecule is C=CC(COC(=O)c1ccc(C(=O)OCC)cc1)[Si](C)C. The van der Waals surface area contributed by atoms with Crippen LogP contribution in [0.1, 0.15) is 27.6 Å². The summed E-state index contributed by atoms with van der Waals surface area (Å²) in [7, 11) is -0.581. The molecule has 0 spiro atoms. The van der Waals surface area contributed by atoms with Crippen LogP contribution in [0.15, 0.2) is 36.9 Å². The highest BCUT2D eigenvalue weighted by Gasteiger charge is 2.15. The highest BCUT2D eigenvalue weighted by molar-refractivity contribution is 6.58. The summed E-state index contributed by atoms with van der Waals surface area (Å²) < 4.78 is 10.2. The van der Waals surface area contributed by atoms with E-state index in [0.717, 1.165) is 0 Å². The van der Waals surface area contributed by atoms with Gasteiger partial charge < -0.3 is 9.47 Å². The van der Waals surface area contributed by atoms with Crippen molar-refractivity contribution >= 4 is 20.7 Å². The molecule has 0 saturated carbocycles. The maximum atomic E-state index is 11.9. The fourth-order valence-corrected chi connectivity index (χ4v) is 2.56. The Hall–Kier alpha value is -1.88. The zero-order valence-corrected chi connectivity index (χ0v) is 13.7. The Labute approximate surface area is 127 Å². The van der Waals surface area contributed by atoms with E-state index in [2.05, 4.69) is 19.7 Å². The van der Waals surface area contributed by atoms with E-state index in [1.165, 1.54) is 0 Å². The van der Waals surface area contributed by atoms with E-state index >= 15 is 0 Å². The van der Waals surface area contributed by atoms with E-state index in [4.69, 9.17) is 9.47 Å². The zero-order chi connectivity index (χ0) is 15.8. The lowest BCUT2D eigenvalue weighted by molar-refractivity contribution is 0.0502. The molecular weight excluding hydrogens is 284 g/mol. The van der Waals surface area contributed by atoms with E-state index < -0.39 is 14.8 Å². The molecule has 0 bridgehead atoms. The highest BCUT2D eigenvalue weighted by Crippen LogP contribution is 2.14. The van der Waals surface area contributed by atoms with Gasteiger partial charge in [0.15, 0.2) is 0 Å². The lowest BCUT2D eigenvalue weighted by Gasteiger charge is -2.15. The van der Waals surface area contributed by atoms with Crippen LogP contribution in [0.4, 0.5) is 0 Å². The number of benzene rings is 1. The highest BCUT2D eigenvalue weighted by atomic mass is 28.3. The zero-order valence-electron chi connectivity index (χ0n) is 12.7. The molecule has 0 aliphatic carbocycles. The summed E-state index contributed by atoms with van der Waals surface area (Å²) in [5.41, 5.74) is 1.08. The molecule has 0 fully saturated rings. The van der Waals surface area contributed by atoms with E-state index in [-0.39, 0.29) is 11.5 Å². The molecule has 21 heavy (non-hydrogen) atoms. The first-order valence-electron chi connectivity index (χ1n) is 6.86. The van der Waals surface area contributed by atoms with Crippen molar-refractivity contribution < 1.29 is 19.1 Å². The third-order valence-electron chi connectivity index (χ3n) is 3.05. The van der Waals surface area contributed by atoms with Crippen molar-refractivity contribution in [1.29, 1.82) is 0 Å². The fourth-order valence-electron chi connectivity index (χ4n) is 1.68. The fraction of sp³-hybridized carbons (Fsp3) is 0.375. The van der Waals surface area contributed by atoms with Gasteiger partial charge in [0.2, 0.25) is 0 Å². The van der Waals surface area contributed by atoms with Crippen LogP contribution in [0.5, 0.6) is 0 Å². The summed E-state index contributed by atoms with van der Waals surface area (Å²) in [6, 6.07) is 6.27. The van der Waals surface area contributed by atoms with Crippen LogP contribution in [-0.4, -0.2) is 33.9 Å². The van der Waals surface area contributed by atoms with Crippen molar-refractivity contribution in [2.75, 3.05) is 13.2 Å². The summed E-state index contributed by atoms with van der Waals surface area (Å²) in [6.45, 7) is 10.5. The van der Waals surface area contributed by atoms with Gasteiger partial charge in [0.25, 0.3) is 0 Å². The van der Waals surface area contributed by atoms with Crippen molar-refractivity contribution in [2.24, 2.45) is 0 Å². The molecule has 113 valence electrons. The molecule has 0 aromatic heterocycles. The van der Waals surface area contributed by atoms with Crippen LogP contribution in [0.3, 0.4) is 0 Å². The van der Waals surface area contributed by atoms with Crippen LogP contribution in [-0.2, 0) is 9.47 Å². The van der Waals surface area contributed by atoms with E-state index in [1.807, 2.05) is 6.08 Å². The Morgan fingerprint density at radius 2 is 1.62 bits per heavy atom. The summed E-state index contributed by atoms with van der Waals surface area (Å²) in [5, 5.41) is 0. The molecule has 5 heteroatoms. The predicted molar refractivity (Wildman–Crippen MR) is 84.1 cm³/mol. The monoisotopic (exact) mass is 305 g/mol. The molecule has 1 aromatic rings. The summed E-state index contributed by atoms with van der Waals surface area (Å²) in [5.74, 6) is -0.783. The average molecular weight is 305 g/mol. The van der Waals surface area contributed by atoms with Gasteiger partial charge in [-0.3, -0.25) is 0 Å². The molecule has 1 radical (unpaired) electrons. The number of esters is 2. The van der Waals surface area contributed by atoms with E-state index in [9.17, 15) is 9.59 Å². The van der Waals surface area contributed by atoms with Gasteiger partial charge in [0.1, 0.15) is 0 Å². The second-order valence-corrected chi connectivity index (χ2v) is 7.71. The predicted octanol–water partition coefficient (Wildman–Crippen LogP) is 3.33. The number of carbonyl (C=O) groups is 2. The van der Waals surface area contributed by atoms with Crippen molar-refractivity contribution in [3.63, 3.8) is 0 Å². The number of carbonyl (C=O) groups excluding carboxylic acids is 2. The quantitative estimate of drug-likeness (QED) is 0.440. The molecule has 1 rings (SSSR count). The summed E-state index contributed by atoms with van der Waals surface area (Å²) in [6.07, 6.45) is 1.84. The Kier molecular flexibility index (Phi) is 6.88. The summed E-state index contributed by atoms with van der Waals surface area (Å²) >= 11 is 0. The van der Waals surface area contributed by atoms with Crippen LogP contribution in [0, 0.1) is 0 Å². The molecule has 4 nitrogen and oxygen atoms in total. The van der Waals surface area contributed by atoms with Crippen molar-refractivity contribution in [1.82, 2.24) is 0 Å². The minimum atomic E-state index is -0.581. The van der Waals surface area contributed by atoms with Crippen LogP contribution in [0.25, 0.3) is 0 Å². The molecule has 0 saturated heterocycles. The number of hydrogen-bond acceptors (Lipinski definition) is 4. The van der Waals surface area contributed by atoms with Crippen LogP contribution >= 0.6 is 0 Å². The molecule has 0 aliphatic rings.